The molecule has 7 heteroatoms. The quantitative estimate of drug-likeness (QED) is 0.678. The largest absolute Gasteiger partial charge is 0.381 e. The first-order valence-corrected chi connectivity index (χ1v) is 9.88. The highest BCUT2D eigenvalue weighted by Gasteiger charge is 2.38. The maximum Gasteiger partial charge on any atom is 0.242 e. The van der Waals surface area contributed by atoms with Crippen LogP contribution in [0.1, 0.15) is 18.4 Å². The zero-order valence-electron chi connectivity index (χ0n) is 17.0. The molecule has 2 aromatic carbocycles. The zero-order chi connectivity index (χ0) is 20.3. The molecule has 1 saturated heterocycles. The van der Waals surface area contributed by atoms with E-state index in [9.17, 15) is 4.79 Å². The average molecular weight is 427 g/mol. The van der Waals surface area contributed by atoms with E-state index in [0.29, 0.717) is 32.6 Å². The Balaban J connectivity index is 0.00000256. The highest BCUT2D eigenvalue weighted by Crippen LogP contribution is 2.26. The Hall–Kier alpha value is -2.67. The number of carbonyl (C=O) groups excluding carboxylic acids is 1. The molecule has 1 aliphatic rings. The number of benzene rings is 2. The molecule has 6 nitrogen and oxygen atoms in total. The molecular formula is C23H27ClN4O2. The van der Waals surface area contributed by atoms with Gasteiger partial charge in [0.1, 0.15) is 0 Å². The summed E-state index contributed by atoms with van der Waals surface area (Å²) in [7, 11) is 1.81. The van der Waals surface area contributed by atoms with Crippen LogP contribution >= 0.6 is 12.4 Å². The standard InChI is InChI=1S/C23H26N4O2.ClH/c1-26(22(28)23(24)12-14-29-15-13-23)16-19-17-27(20-10-6-3-7-11-20)25-21(19)18-8-4-2-5-9-18;/h2-11,17H,12-16,24H2,1H3;1H. The lowest BCUT2D eigenvalue weighted by molar-refractivity contribution is -0.139. The molecule has 1 amide bonds. The van der Waals surface area contributed by atoms with E-state index in [1.54, 1.807) is 11.9 Å². The van der Waals surface area contributed by atoms with E-state index in [4.69, 9.17) is 15.6 Å². The number of amides is 1. The lowest BCUT2D eigenvalue weighted by atomic mass is 9.89. The van der Waals surface area contributed by atoms with Crippen molar-refractivity contribution in [3.8, 4) is 16.9 Å². The fourth-order valence-corrected chi connectivity index (χ4v) is 3.73. The molecule has 158 valence electrons. The van der Waals surface area contributed by atoms with Crippen molar-refractivity contribution < 1.29 is 9.53 Å². The molecule has 3 aromatic rings. The molecule has 2 N–H and O–H groups in total. The maximum atomic E-state index is 13.1. The second kappa shape index (κ2) is 9.43. The molecule has 0 saturated carbocycles. The zero-order valence-corrected chi connectivity index (χ0v) is 17.8. The summed E-state index contributed by atoms with van der Waals surface area (Å²) in [6.07, 6.45) is 3.09. The van der Waals surface area contributed by atoms with Gasteiger partial charge < -0.3 is 15.4 Å². The van der Waals surface area contributed by atoms with Gasteiger partial charge >= 0.3 is 0 Å². The predicted molar refractivity (Wildman–Crippen MR) is 120 cm³/mol. The lowest BCUT2D eigenvalue weighted by Crippen LogP contribution is -2.57. The van der Waals surface area contributed by atoms with E-state index < -0.39 is 5.54 Å². The number of likely N-dealkylation sites (N-methyl/N-ethyl adjacent to an activating group) is 1. The smallest absolute Gasteiger partial charge is 0.242 e. The Morgan fingerprint density at radius 1 is 1.10 bits per heavy atom. The van der Waals surface area contributed by atoms with Crippen molar-refractivity contribution in [1.29, 1.82) is 0 Å². The number of hydrogen-bond acceptors (Lipinski definition) is 4. The van der Waals surface area contributed by atoms with Crippen molar-refractivity contribution in [1.82, 2.24) is 14.7 Å². The van der Waals surface area contributed by atoms with E-state index in [2.05, 4.69) is 0 Å². The first kappa shape index (κ1) is 22.0. The van der Waals surface area contributed by atoms with Crippen molar-refractivity contribution >= 4 is 18.3 Å². The summed E-state index contributed by atoms with van der Waals surface area (Å²) in [5.41, 5.74) is 9.40. The summed E-state index contributed by atoms with van der Waals surface area (Å²) < 4.78 is 7.24. The first-order valence-electron chi connectivity index (χ1n) is 9.88. The third-order valence-electron chi connectivity index (χ3n) is 5.42. The minimum absolute atomic E-state index is 0. The monoisotopic (exact) mass is 426 g/mol. The lowest BCUT2D eigenvalue weighted by Gasteiger charge is -2.35. The topological polar surface area (TPSA) is 73.4 Å². The van der Waals surface area contributed by atoms with Gasteiger partial charge in [-0.2, -0.15) is 5.10 Å². The Labute approximate surface area is 183 Å². The highest BCUT2D eigenvalue weighted by atomic mass is 35.5. The SMILES string of the molecule is CN(Cc1cn(-c2ccccc2)nc1-c1ccccc1)C(=O)C1(N)CCOCC1.Cl. The van der Waals surface area contributed by atoms with E-state index in [-0.39, 0.29) is 18.3 Å². The summed E-state index contributed by atoms with van der Waals surface area (Å²) in [6.45, 7) is 1.49. The molecule has 2 heterocycles. The van der Waals surface area contributed by atoms with Gasteiger partial charge in [-0.05, 0) is 25.0 Å². The number of nitrogens with two attached hydrogens (primary N) is 1. The molecule has 1 aromatic heterocycles. The number of hydrogen-bond donors (Lipinski definition) is 1. The van der Waals surface area contributed by atoms with Crippen LogP contribution in [0.5, 0.6) is 0 Å². The summed E-state index contributed by atoms with van der Waals surface area (Å²) in [6, 6.07) is 20.0. The average Bonchev–Trinajstić information content (AvgIpc) is 3.18. The Kier molecular flexibility index (Phi) is 6.92. The highest BCUT2D eigenvalue weighted by molar-refractivity contribution is 5.86. The van der Waals surface area contributed by atoms with Gasteiger partial charge in [-0.3, -0.25) is 4.79 Å². The van der Waals surface area contributed by atoms with E-state index in [1.165, 1.54) is 0 Å². The normalized spacial score (nSPS) is 15.3. The maximum absolute atomic E-state index is 13.1. The van der Waals surface area contributed by atoms with Gasteiger partial charge in [-0.15, -0.1) is 12.4 Å². The van der Waals surface area contributed by atoms with Crippen LogP contribution in [-0.4, -0.2) is 46.4 Å². The van der Waals surface area contributed by atoms with E-state index >= 15 is 0 Å². The molecule has 30 heavy (non-hydrogen) atoms. The first-order chi connectivity index (χ1) is 14.1. The molecule has 1 aliphatic heterocycles. The van der Waals surface area contributed by atoms with E-state index in [0.717, 1.165) is 22.5 Å². The summed E-state index contributed by atoms with van der Waals surface area (Å²) in [4.78, 5) is 14.8. The minimum Gasteiger partial charge on any atom is -0.381 e. The molecule has 0 unspecified atom stereocenters. The summed E-state index contributed by atoms with van der Waals surface area (Å²) in [5, 5.41) is 4.82. The van der Waals surface area contributed by atoms with Gasteiger partial charge in [0.2, 0.25) is 5.91 Å². The van der Waals surface area contributed by atoms with Crippen LogP contribution in [0, 0.1) is 0 Å². The van der Waals surface area contributed by atoms with Gasteiger partial charge in [0.15, 0.2) is 0 Å². The molecule has 0 aliphatic carbocycles. The Morgan fingerprint density at radius 3 is 2.33 bits per heavy atom. The van der Waals surface area contributed by atoms with Crippen LogP contribution in [-0.2, 0) is 16.1 Å². The van der Waals surface area contributed by atoms with Gasteiger partial charge in [0.05, 0.1) is 16.9 Å². The second-order valence-corrected chi connectivity index (χ2v) is 7.58. The Morgan fingerprint density at radius 2 is 1.70 bits per heavy atom. The van der Waals surface area contributed by atoms with Crippen LogP contribution in [0.25, 0.3) is 16.9 Å². The van der Waals surface area contributed by atoms with Crippen LogP contribution in [0.2, 0.25) is 0 Å². The van der Waals surface area contributed by atoms with Crippen molar-refractivity contribution in [3.05, 3.63) is 72.4 Å². The number of halogens is 1. The van der Waals surface area contributed by atoms with Crippen LogP contribution in [0.15, 0.2) is 66.9 Å². The van der Waals surface area contributed by atoms with Gasteiger partial charge in [0.25, 0.3) is 0 Å². The molecule has 0 atom stereocenters. The number of nitrogens with zero attached hydrogens (tertiary/aromatic N) is 3. The molecule has 0 spiro atoms. The number of carbonyl (C=O) groups is 1. The molecule has 4 rings (SSSR count). The van der Waals surface area contributed by atoms with Gasteiger partial charge in [0, 0.05) is 44.1 Å². The number of para-hydroxylation sites is 1. The van der Waals surface area contributed by atoms with Crippen LogP contribution < -0.4 is 5.73 Å². The fraction of sp³-hybridized carbons (Fsp3) is 0.304. The van der Waals surface area contributed by atoms with Crippen molar-refractivity contribution in [2.24, 2.45) is 5.73 Å². The number of ether oxygens (including phenoxy) is 1. The third kappa shape index (κ3) is 4.56. The third-order valence-corrected chi connectivity index (χ3v) is 5.42. The predicted octanol–water partition coefficient (Wildman–Crippen LogP) is 3.43. The van der Waals surface area contributed by atoms with Crippen LogP contribution in [0.4, 0.5) is 0 Å². The van der Waals surface area contributed by atoms with Crippen molar-refractivity contribution in [2.75, 3.05) is 20.3 Å². The number of aromatic nitrogens is 2. The van der Waals surface area contributed by atoms with E-state index in [1.807, 2.05) is 71.5 Å². The molecule has 0 bridgehead atoms. The van der Waals surface area contributed by atoms with Crippen molar-refractivity contribution in [3.63, 3.8) is 0 Å². The Bertz CT molecular complexity index is 969. The number of rotatable bonds is 5. The summed E-state index contributed by atoms with van der Waals surface area (Å²) in [5.74, 6) is -0.0488. The second-order valence-electron chi connectivity index (χ2n) is 7.58. The summed E-state index contributed by atoms with van der Waals surface area (Å²) >= 11 is 0. The molecule has 1 fully saturated rings. The van der Waals surface area contributed by atoms with Gasteiger partial charge in [-0.25, -0.2) is 4.68 Å². The van der Waals surface area contributed by atoms with Crippen LogP contribution in [0.3, 0.4) is 0 Å². The minimum atomic E-state index is -0.852. The molecule has 0 radical (unpaired) electrons. The van der Waals surface area contributed by atoms with Crippen molar-refractivity contribution in [2.45, 2.75) is 24.9 Å². The van der Waals surface area contributed by atoms with Gasteiger partial charge in [-0.1, -0.05) is 48.5 Å². The fourth-order valence-electron chi connectivity index (χ4n) is 3.73. The molecular weight excluding hydrogens is 400 g/mol.